The zero-order valence-electron chi connectivity index (χ0n) is 11.2. The molecule has 1 aliphatic heterocycles. The van der Waals surface area contributed by atoms with Crippen molar-refractivity contribution in [2.24, 2.45) is 0 Å². The summed E-state index contributed by atoms with van der Waals surface area (Å²) in [6, 6.07) is 8.68. The predicted octanol–water partition coefficient (Wildman–Crippen LogP) is 0.130. The molecule has 18 heavy (non-hydrogen) atoms. The molecule has 0 radical (unpaired) electrons. The molecule has 1 fully saturated rings. The fourth-order valence-electron chi connectivity index (χ4n) is 2.66. The summed E-state index contributed by atoms with van der Waals surface area (Å²) in [6.45, 7) is 12.1. The summed E-state index contributed by atoms with van der Waals surface area (Å²) < 4.78 is 2.44. The van der Waals surface area contributed by atoms with E-state index in [-0.39, 0.29) is 24.0 Å². The van der Waals surface area contributed by atoms with Crippen LogP contribution in [0.3, 0.4) is 0 Å². The van der Waals surface area contributed by atoms with Crippen LogP contribution >= 0.6 is 15.9 Å². The van der Waals surface area contributed by atoms with Crippen LogP contribution in [-0.4, -0.2) is 43.8 Å². The third-order valence-corrected chi connectivity index (χ3v) is 4.75. The van der Waals surface area contributed by atoms with Gasteiger partial charge in [-0.05, 0) is 38.1 Å². The number of hydrogen-bond acceptors (Lipinski definition) is 1. The van der Waals surface area contributed by atoms with Crippen molar-refractivity contribution in [3.8, 4) is 0 Å². The van der Waals surface area contributed by atoms with Gasteiger partial charge in [-0.15, -0.1) is 0 Å². The quantitative estimate of drug-likeness (QED) is 0.492. The van der Waals surface area contributed by atoms with E-state index in [2.05, 4.69) is 58.9 Å². The van der Waals surface area contributed by atoms with Crippen LogP contribution in [0.5, 0.6) is 0 Å². The Morgan fingerprint density at radius 2 is 1.56 bits per heavy atom. The topological polar surface area (TPSA) is 3.24 Å². The molecule has 2 rings (SSSR count). The molecule has 102 valence electrons. The monoisotopic (exact) mass is 424 g/mol. The van der Waals surface area contributed by atoms with Gasteiger partial charge >= 0.3 is 0 Å². The SMILES string of the molecule is CC[N+]1(CC)CCN(c2ccc(Br)cc2)CC1.[I-]. The van der Waals surface area contributed by atoms with E-state index in [0.29, 0.717) is 0 Å². The number of anilines is 1. The average molecular weight is 425 g/mol. The molecule has 1 aromatic carbocycles. The summed E-state index contributed by atoms with van der Waals surface area (Å²) in [4.78, 5) is 2.51. The normalized spacial score (nSPS) is 18.3. The van der Waals surface area contributed by atoms with Crippen molar-refractivity contribution >= 4 is 21.6 Å². The van der Waals surface area contributed by atoms with E-state index in [1.807, 2.05) is 0 Å². The van der Waals surface area contributed by atoms with Gasteiger partial charge in [0.15, 0.2) is 0 Å². The molecule has 2 nitrogen and oxygen atoms in total. The van der Waals surface area contributed by atoms with Crippen molar-refractivity contribution in [3.63, 3.8) is 0 Å². The second-order valence-corrected chi connectivity index (χ2v) is 5.80. The maximum Gasteiger partial charge on any atom is 0.0965 e. The number of hydrogen-bond donors (Lipinski definition) is 0. The third kappa shape index (κ3) is 3.61. The first-order valence-corrected chi connectivity index (χ1v) is 7.34. The Morgan fingerprint density at radius 1 is 1.06 bits per heavy atom. The Balaban J connectivity index is 0.00000162. The highest BCUT2D eigenvalue weighted by atomic mass is 127. The van der Waals surface area contributed by atoms with Crippen LogP contribution in [0.15, 0.2) is 28.7 Å². The fraction of sp³-hybridized carbons (Fsp3) is 0.571. The van der Waals surface area contributed by atoms with Gasteiger partial charge in [-0.1, -0.05) is 15.9 Å². The molecule has 0 amide bonds. The molecule has 0 aromatic heterocycles. The van der Waals surface area contributed by atoms with E-state index in [0.717, 1.165) is 4.47 Å². The molecular formula is C14H22BrIN2. The van der Waals surface area contributed by atoms with E-state index in [1.54, 1.807) is 0 Å². The molecule has 0 unspecified atom stereocenters. The van der Waals surface area contributed by atoms with Crippen LogP contribution in [0.25, 0.3) is 0 Å². The van der Waals surface area contributed by atoms with E-state index < -0.39 is 0 Å². The average Bonchev–Trinajstić information content (AvgIpc) is 2.40. The van der Waals surface area contributed by atoms with Crippen LogP contribution in [0.4, 0.5) is 5.69 Å². The van der Waals surface area contributed by atoms with Gasteiger partial charge in [0.2, 0.25) is 0 Å². The summed E-state index contributed by atoms with van der Waals surface area (Å²) in [5, 5.41) is 0. The summed E-state index contributed by atoms with van der Waals surface area (Å²) in [5.74, 6) is 0. The molecule has 1 saturated heterocycles. The Hall–Kier alpha value is 0.190. The maximum atomic E-state index is 3.49. The third-order valence-electron chi connectivity index (χ3n) is 4.22. The summed E-state index contributed by atoms with van der Waals surface area (Å²) >= 11 is 3.49. The van der Waals surface area contributed by atoms with Crippen molar-refractivity contribution in [3.05, 3.63) is 28.7 Å². The van der Waals surface area contributed by atoms with Gasteiger partial charge in [0.25, 0.3) is 0 Å². The minimum absolute atomic E-state index is 0. The Labute approximate surface area is 136 Å². The lowest BCUT2D eigenvalue weighted by Gasteiger charge is -2.44. The summed E-state index contributed by atoms with van der Waals surface area (Å²) in [6.07, 6.45) is 0. The van der Waals surface area contributed by atoms with Crippen LogP contribution in [-0.2, 0) is 0 Å². The number of benzene rings is 1. The van der Waals surface area contributed by atoms with Gasteiger partial charge in [0.1, 0.15) is 0 Å². The maximum absolute atomic E-state index is 3.49. The van der Waals surface area contributed by atoms with Gasteiger partial charge in [-0.25, -0.2) is 0 Å². The highest BCUT2D eigenvalue weighted by molar-refractivity contribution is 9.10. The lowest BCUT2D eigenvalue weighted by atomic mass is 10.2. The Morgan fingerprint density at radius 3 is 2.00 bits per heavy atom. The lowest BCUT2D eigenvalue weighted by molar-refractivity contribution is -0.925. The lowest BCUT2D eigenvalue weighted by Crippen LogP contribution is -3.00. The molecule has 1 heterocycles. The summed E-state index contributed by atoms with van der Waals surface area (Å²) in [7, 11) is 0. The molecule has 0 N–H and O–H groups in total. The van der Waals surface area contributed by atoms with Crippen molar-refractivity contribution in [2.45, 2.75) is 13.8 Å². The van der Waals surface area contributed by atoms with Crippen molar-refractivity contribution in [1.82, 2.24) is 0 Å². The zero-order valence-corrected chi connectivity index (χ0v) is 14.9. The number of nitrogens with zero attached hydrogens (tertiary/aromatic N) is 2. The van der Waals surface area contributed by atoms with Gasteiger partial charge in [0, 0.05) is 10.2 Å². The fourth-order valence-corrected chi connectivity index (χ4v) is 2.92. The largest absolute Gasteiger partial charge is 1.00 e. The predicted molar refractivity (Wildman–Crippen MR) is 77.4 cm³/mol. The van der Waals surface area contributed by atoms with Crippen LogP contribution in [0.1, 0.15) is 13.8 Å². The molecular weight excluding hydrogens is 403 g/mol. The molecule has 0 aliphatic carbocycles. The van der Waals surface area contributed by atoms with Gasteiger partial charge in [-0.2, -0.15) is 0 Å². The van der Waals surface area contributed by atoms with Crippen LogP contribution < -0.4 is 28.9 Å². The number of likely N-dealkylation sites (N-methyl/N-ethyl adjacent to an activating group) is 1. The van der Waals surface area contributed by atoms with Gasteiger partial charge < -0.3 is 33.4 Å². The molecule has 1 aromatic rings. The summed E-state index contributed by atoms with van der Waals surface area (Å²) in [5.41, 5.74) is 1.36. The smallest absolute Gasteiger partial charge is 0.0965 e. The van der Waals surface area contributed by atoms with E-state index in [1.165, 1.54) is 49.4 Å². The number of halogens is 2. The standard InChI is InChI=1S/C14H22BrN2.HI/c1-3-17(4-2)11-9-16(10-12-17)14-7-5-13(15)6-8-14;/h5-8H,3-4,9-12H2,1-2H3;1H/q+1;/p-1. The Kier molecular flexibility index (Phi) is 6.41. The highest BCUT2D eigenvalue weighted by Gasteiger charge is 2.29. The van der Waals surface area contributed by atoms with E-state index in [4.69, 9.17) is 0 Å². The van der Waals surface area contributed by atoms with Crippen molar-refractivity contribution < 1.29 is 28.5 Å². The van der Waals surface area contributed by atoms with E-state index in [9.17, 15) is 0 Å². The van der Waals surface area contributed by atoms with Gasteiger partial charge in [-0.3, -0.25) is 0 Å². The van der Waals surface area contributed by atoms with Crippen molar-refractivity contribution in [1.29, 1.82) is 0 Å². The minimum Gasteiger partial charge on any atom is -1.00 e. The Bertz CT molecular complexity index is 353. The molecule has 4 heteroatoms. The van der Waals surface area contributed by atoms with Gasteiger partial charge in [0.05, 0.1) is 39.3 Å². The van der Waals surface area contributed by atoms with Crippen LogP contribution in [0, 0.1) is 0 Å². The first-order valence-electron chi connectivity index (χ1n) is 6.55. The molecule has 0 saturated carbocycles. The molecule has 0 bridgehead atoms. The van der Waals surface area contributed by atoms with Crippen LogP contribution in [0.2, 0.25) is 0 Å². The number of quaternary nitrogens is 1. The number of rotatable bonds is 3. The molecule has 0 atom stereocenters. The number of piperazine rings is 1. The molecule has 0 spiro atoms. The first kappa shape index (κ1) is 16.2. The van der Waals surface area contributed by atoms with E-state index >= 15 is 0 Å². The first-order chi connectivity index (χ1) is 8.19. The second kappa shape index (κ2) is 7.10. The zero-order chi connectivity index (χ0) is 12.3. The minimum atomic E-state index is 0. The second-order valence-electron chi connectivity index (χ2n) is 4.88. The van der Waals surface area contributed by atoms with Crippen molar-refractivity contribution in [2.75, 3.05) is 44.2 Å². The highest BCUT2D eigenvalue weighted by Crippen LogP contribution is 2.21. The molecule has 1 aliphatic rings.